The molecule has 0 heterocycles. The molecule has 0 aliphatic rings. The van der Waals surface area contributed by atoms with Gasteiger partial charge in [-0.15, -0.1) is 0 Å². The van der Waals surface area contributed by atoms with Crippen molar-refractivity contribution in [3.05, 3.63) is 39.9 Å². The number of nitrogens with one attached hydrogen (secondary N) is 2. The summed E-state index contributed by atoms with van der Waals surface area (Å²) >= 11 is 0. The summed E-state index contributed by atoms with van der Waals surface area (Å²) in [4.78, 5) is 32.4. The third-order valence-corrected chi connectivity index (χ3v) is 2.23. The number of hydrazone groups is 1. The molecular formula is C12H14N4O4. The van der Waals surface area contributed by atoms with Crippen LogP contribution in [0.15, 0.2) is 29.4 Å². The number of hydrogen-bond acceptors (Lipinski definition) is 5. The monoisotopic (exact) mass is 278 g/mol. The van der Waals surface area contributed by atoms with Crippen LogP contribution in [0.2, 0.25) is 0 Å². The van der Waals surface area contributed by atoms with Gasteiger partial charge in [-0.05, 0) is 24.1 Å². The van der Waals surface area contributed by atoms with Crippen LogP contribution in [-0.2, 0) is 9.59 Å². The summed E-state index contributed by atoms with van der Waals surface area (Å²) in [5.74, 6) is -1.62. The van der Waals surface area contributed by atoms with E-state index in [9.17, 15) is 19.7 Å². The molecule has 0 atom stereocenters. The molecular weight excluding hydrogens is 264 g/mol. The van der Waals surface area contributed by atoms with Gasteiger partial charge in [-0.3, -0.25) is 19.7 Å². The SMILES string of the molecule is CCCNC(=O)C(=O)NN=Cc1ccc([N+](=O)[O-])cc1. The lowest BCUT2D eigenvalue weighted by Gasteiger charge is -2.00. The highest BCUT2D eigenvalue weighted by Crippen LogP contribution is 2.10. The van der Waals surface area contributed by atoms with Crippen molar-refractivity contribution in [3.63, 3.8) is 0 Å². The molecule has 0 radical (unpaired) electrons. The number of non-ortho nitro benzene ring substituents is 1. The normalized spacial score (nSPS) is 10.2. The van der Waals surface area contributed by atoms with Gasteiger partial charge >= 0.3 is 11.8 Å². The van der Waals surface area contributed by atoms with Crippen LogP contribution in [0.25, 0.3) is 0 Å². The molecule has 2 amide bonds. The Morgan fingerprint density at radius 2 is 1.95 bits per heavy atom. The molecule has 0 aromatic heterocycles. The Labute approximate surface area is 115 Å². The Morgan fingerprint density at radius 1 is 1.30 bits per heavy atom. The van der Waals surface area contributed by atoms with Crippen molar-refractivity contribution in [2.24, 2.45) is 5.10 Å². The van der Waals surface area contributed by atoms with E-state index in [2.05, 4.69) is 15.8 Å². The summed E-state index contributed by atoms with van der Waals surface area (Å²) in [7, 11) is 0. The number of amides is 2. The Morgan fingerprint density at radius 3 is 2.50 bits per heavy atom. The maximum Gasteiger partial charge on any atom is 0.329 e. The molecule has 2 N–H and O–H groups in total. The molecule has 1 rings (SSSR count). The van der Waals surface area contributed by atoms with Crippen molar-refractivity contribution in [3.8, 4) is 0 Å². The highest BCUT2D eigenvalue weighted by atomic mass is 16.6. The van der Waals surface area contributed by atoms with E-state index in [1.165, 1.54) is 30.5 Å². The number of nitro benzene ring substituents is 1. The highest BCUT2D eigenvalue weighted by molar-refractivity contribution is 6.35. The summed E-state index contributed by atoms with van der Waals surface area (Å²) in [5.41, 5.74) is 2.58. The van der Waals surface area contributed by atoms with Crippen LogP contribution in [0.3, 0.4) is 0 Å². The quantitative estimate of drug-likeness (QED) is 0.354. The van der Waals surface area contributed by atoms with Crippen molar-refractivity contribution in [2.75, 3.05) is 6.54 Å². The lowest BCUT2D eigenvalue weighted by atomic mass is 10.2. The van der Waals surface area contributed by atoms with Gasteiger partial charge in [0.2, 0.25) is 0 Å². The molecule has 8 nitrogen and oxygen atoms in total. The topological polar surface area (TPSA) is 114 Å². The number of hydrogen-bond donors (Lipinski definition) is 2. The molecule has 1 aromatic rings. The minimum Gasteiger partial charge on any atom is -0.348 e. The summed E-state index contributed by atoms with van der Waals surface area (Å²) in [5, 5.41) is 16.4. The number of nitro groups is 1. The molecule has 0 aliphatic carbocycles. The van der Waals surface area contributed by atoms with Gasteiger partial charge in [0.15, 0.2) is 0 Å². The Bertz CT molecular complexity index is 525. The largest absolute Gasteiger partial charge is 0.348 e. The first-order valence-corrected chi connectivity index (χ1v) is 5.90. The van der Waals surface area contributed by atoms with Crippen molar-refractivity contribution < 1.29 is 14.5 Å². The predicted octanol–water partition coefficient (Wildman–Crippen LogP) is 0.571. The molecule has 8 heteroatoms. The average molecular weight is 278 g/mol. The van der Waals surface area contributed by atoms with Gasteiger partial charge in [0.25, 0.3) is 5.69 Å². The Balaban J connectivity index is 2.50. The second kappa shape index (κ2) is 7.62. The number of rotatable bonds is 5. The van der Waals surface area contributed by atoms with Gasteiger partial charge < -0.3 is 5.32 Å². The fourth-order valence-electron chi connectivity index (χ4n) is 1.22. The van der Waals surface area contributed by atoms with E-state index in [1.54, 1.807) is 0 Å². The van der Waals surface area contributed by atoms with E-state index in [0.717, 1.165) is 6.42 Å². The van der Waals surface area contributed by atoms with E-state index >= 15 is 0 Å². The van der Waals surface area contributed by atoms with E-state index in [-0.39, 0.29) is 5.69 Å². The Kier molecular flexibility index (Phi) is 5.82. The van der Waals surface area contributed by atoms with Crippen LogP contribution < -0.4 is 10.7 Å². The number of benzene rings is 1. The maximum absolute atomic E-state index is 11.3. The van der Waals surface area contributed by atoms with Crippen LogP contribution in [-0.4, -0.2) is 29.5 Å². The zero-order valence-electron chi connectivity index (χ0n) is 10.8. The van der Waals surface area contributed by atoms with E-state index in [1.807, 2.05) is 6.92 Å². The fourth-order valence-corrected chi connectivity index (χ4v) is 1.22. The van der Waals surface area contributed by atoms with Crippen molar-refractivity contribution in [1.82, 2.24) is 10.7 Å². The lowest BCUT2D eigenvalue weighted by molar-refractivity contribution is -0.384. The average Bonchev–Trinajstić information content (AvgIpc) is 2.45. The van der Waals surface area contributed by atoms with Crippen LogP contribution in [0, 0.1) is 10.1 Å². The Hall–Kier alpha value is -2.77. The molecule has 1 aromatic carbocycles. The van der Waals surface area contributed by atoms with Gasteiger partial charge in [-0.25, -0.2) is 5.43 Å². The van der Waals surface area contributed by atoms with E-state index in [4.69, 9.17) is 0 Å². The van der Waals surface area contributed by atoms with Gasteiger partial charge in [-0.2, -0.15) is 5.10 Å². The first-order chi connectivity index (χ1) is 9.54. The van der Waals surface area contributed by atoms with Crippen LogP contribution >= 0.6 is 0 Å². The zero-order chi connectivity index (χ0) is 15.0. The van der Waals surface area contributed by atoms with Crippen LogP contribution in [0.4, 0.5) is 5.69 Å². The fraction of sp³-hybridized carbons (Fsp3) is 0.250. The van der Waals surface area contributed by atoms with E-state index < -0.39 is 16.7 Å². The van der Waals surface area contributed by atoms with Crippen LogP contribution in [0.1, 0.15) is 18.9 Å². The van der Waals surface area contributed by atoms with Gasteiger partial charge in [0, 0.05) is 18.7 Å². The van der Waals surface area contributed by atoms with Crippen molar-refractivity contribution in [2.45, 2.75) is 13.3 Å². The molecule has 0 saturated carbocycles. The van der Waals surface area contributed by atoms with Gasteiger partial charge in [0.1, 0.15) is 0 Å². The smallest absolute Gasteiger partial charge is 0.329 e. The van der Waals surface area contributed by atoms with E-state index in [0.29, 0.717) is 12.1 Å². The minimum atomic E-state index is -0.864. The predicted molar refractivity (Wildman–Crippen MR) is 72.1 cm³/mol. The first-order valence-electron chi connectivity index (χ1n) is 5.90. The second-order valence-corrected chi connectivity index (χ2v) is 3.80. The third kappa shape index (κ3) is 4.84. The molecule has 0 unspecified atom stereocenters. The minimum absolute atomic E-state index is 0.0369. The van der Waals surface area contributed by atoms with Crippen molar-refractivity contribution in [1.29, 1.82) is 0 Å². The van der Waals surface area contributed by atoms with Crippen molar-refractivity contribution >= 4 is 23.7 Å². The number of nitrogens with zero attached hydrogens (tertiary/aromatic N) is 2. The third-order valence-electron chi connectivity index (χ3n) is 2.23. The zero-order valence-corrected chi connectivity index (χ0v) is 10.8. The number of carbonyl (C=O) groups excluding carboxylic acids is 2. The highest BCUT2D eigenvalue weighted by Gasteiger charge is 2.10. The lowest BCUT2D eigenvalue weighted by Crippen LogP contribution is -2.38. The molecule has 20 heavy (non-hydrogen) atoms. The molecule has 106 valence electrons. The number of carbonyl (C=O) groups is 2. The molecule has 0 fully saturated rings. The summed E-state index contributed by atoms with van der Waals surface area (Å²) < 4.78 is 0. The standard InChI is InChI=1S/C12H14N4O4/c1-2-7-13-11(17)12(18)15-14-8-9-3-5-10(6-4-9)16(19)20/h3-6,8H,2,7H2,1H3,(H,13,17)(H,15,18). The molecule has 0 aliphatic heterocycles. The first kappa shape index (κ1) is 15.3. The summed E-state index contributed by atoms with van der Waals surface area (Å²) in [6.45, 7) is 2.28. The summed E-state index contributed by atoms with van der Waals surface area (Å²) in [6, 6.07) is 5.59. The van der Waals surface area contributed by atoms with Crippen LogP contribution in [0.5, 0.6) is 0 Å². The maximum atomic E-state index is 11.3. The molecule has 0 spiro atoms. The summed E-state index contributed by atoms with van der Waals surface area (Å²) in [6.07, 6.45) is 2.01. The molecule has 0 bridgehead atoms. The molecule has 0 saturated heterocycles. The van der Waals surface area contributed by atoms with Gasteiger partial charge in [0.05, 0.1) is 11.1 Å². The van der Waals surface area contributed by atoms with Gasteiger partial charge in [-0.1, -0.05) is 6.92 Å². The second-order valence-electron chi connectivity index (χ2n) is 3.80.